The second kappa shape index (κ2) is 6.44. The van der Waals surface area contributed by atoms with E-state index < -0.39 is 0 Å². The van der Waals surface area contributed by atoms with E-state index >= 15 is 0 Å². The second-order valence-corrected chi connectivity index (χ2v) is 4.31. The molecule has 0 aliphatic heterocycles. The lowest BCUT2D eigenvalue weighted by Gasteiger charge is -2.10. The molecule has 5 heteroatoms. The van der Waals surface area contributed by atoms with Crippen molar-refractivity contribution < 1.29 is 9.53 Å². The highest BCUT2D eigenvalue weighted by atomic mass is 16.5. The Bertz CT molecular complexity index is 705. The second-order valence-electron chi connectivity index (χ2n) is 4.31. The molecule has 0 aromatic heterocycles. The van der Waals surface area contributed by atoms with E-state index in [1.807, 2.05) is 6.07 Å². The number of carbonyl (C=O) groups is 1. The first-order chi connectivity index (χ1) is 10.1. The fourth-order valence-electron chi connectivity index (χ4n) is 1.83. The number of esters is 1. The largest absolute Gasteiger partial charge is 0.462 e. The van der Waals surface area contributed by atoms with Gasteiger partial charge in [-0.3, -0.25) is 0 Å². The molecule has 3 N–H and O–H groups in total. The summed E-state index contributed by atoms with van der Waals surface area (Å²) in [7, 11) is 0. The molecule has 21 heavy (non-hydrogen) atoms. The van der Waals surface area contributed by atoms with Crippen LogP contribution in [0.25, 0.3) is 4.85 Å². The summed E-state index contributed by atoms with van der Waals surface area (Å²) in [5.41, 5.74) is 8.73. The van der Waals surface area contributed by atoms with Crippen LogP contribution in [-0.2, 0) is 4.74 Å². The van der Waals surface area contributed by atoms with Crippen molar-refractivity contribution in [3.63, 3.8) is 0 Å². The van der Waals surface area contributed by atoms with Gasteiger partial charge in [0.05, 0.1) is 24.4 Å². The summed E-state index contributed by atoms with van der Waals surface area (Å²) in [5.74, 6) is -0.363. The van der Waals surface area contributed by atoms with Crippen LogP contribution in [0.5, 0.6) is 0 Å². The van der Waals surface area contributed by atoms with Gasteiger partial charge in [-0.25, -0.2) is 9.64 Å². The number of benzene rings is 2. The highest BCUT2D eigenvalue weighted by molar-refractivity contribution is 5.91. The lowest BCUT2D eigenvalue weighted by molar-refractivity contribution is 0.0526. The predicted octanol–water partition coefficient (Wildman–Crippen LogP) is 3.74. The van der Waals surface area contributed by atoms with Gasteiger partial charge in [0.1, 0.15) is 0 Å². The summed E-state index contributed by atoms with van der Waals surface area (Å²) in [5, 5.41) is 3.13. The monoisotopic (exact) mass is 281 g/mol. The standard InChI is InChI=1S/C16H15N3O2/c1-3-21-16(20)11-5-4-6-13(9-11)19-15-8-7-12(18-2)10-14(15)17/h4-10,19H,3,17H2,1H3. The topological polar surface area (TPSA) is 68.7 Å². The van der Waals surface area contributed by atoms with Crippen LogP contribution >= 0.6 is 0 Å². The molecule has 0 fully saturated rings. The minimum atomic E-state index is -0.363. The normalized spacial score (nSPS) is 9.71. The first kappa shape index (κ1) is 14.4. The van der Waals surface area contributed by atoms with Crippen molar-refractivity contribution in [1.29, 1.82) is 0 Å². The van der Waals surface area contributed by atoms with E-state index in [0.717, 1.165) is 5.69 Å². The van der Waals surface area contributed by atoms with Gasteiger partial charge >= 0.3 is 5.97 Å². The number of hydrogen-bond acceptors (Lipinski definition) is 4. The molecular weight excluding hydrogens is 266 g/mol. The Balaban J connectivity index is 2.22. The Morgan fingerprint density at radius 1 is 1.33 bits per heavy atom. The number of hydrogen-bond donors (Lipinski definition) is 2. The minimum Gasteiger partial charge on any atom is -0.462 e. The number of nitrogen functional groups attached to an aromatic ring is 1. The molecule has 0 atom stereocenters. The van der Waals surface area contributed by atoms with Gasteiger partial charge in [-0.2, -0.15) is 0 Å². The average Bonchev–Trinajstić information content (AvgIpc) is 2.50. The van der Waals surface area contributed by atoms with Crippen LogP contribution in [-0.4, -0.2) is 12.6 Å². The Morgan fingerprint density at radius 3 is 2.81 bits per heavy atom. The number of rotatable bonds is 4. The van der Waals surface area contributed by atoms with E-state index in [4.69, 9.17) is 17.0 Å². The Kier molecular flexibility index (Phi) is 4.42. The molecule has 5 nitrogen and oxygen atoms in total. The zero-order chi connectivity index (χ0) is 15.2. The zero-order valence-electron chi connectivity index (χ0n) is 11.6. The smallest absolute Gasteiger partial charge is 0.338 e. The van der Waals surface area contributed by atoms with Crippen molar-refractivity contribution in [3.05, 3.63) is 59.4 Å². The van der Waals surface area contributed by atoms with Crippen LogP contribution < -0.4 is 11.1 Å². The Hall–Kier alpha value is -3.00. The molecule has 0 spiro atoms. The number of nitrogens with one attached hydrogen (secondary N) is 1. The lowest BCUT2D eigenvalue weighted by atomic mass is 10.2. The quantitative estimate of drug-likeness (QED) is 0.509. The van der Waals surface area contributed by atoms with Crippen molar-refractivity contribution in [1.82, 2.24) is 0 Å². The molecule has 0 heterocycles. The van der Waals surface area contributed by atoms with Gasteiger partial charge in [-0.05, 0) is 37.3 Å². The van der Waals surface area contributed by atoms with E-state index in [9.17, 15) is 4.79 Å². The van der Waals surface area contributed by atoms with Crippen molar-refractivity contribution >= 4 is 28.7 Å². The molecule has 0 aliphatic rings. The lowest BCUT2D eigenvalue weighted by Crippen LogP contribution is -2.05. The summed E-state index contributed by atoms with van der Waals surface area (Å²) in [6.07, 6.45) is 0. The summed E-state index contributed by atoms with van der Waals surface area (Å²) in [6, 6.07) is 12.0. The highest BCUT2D eigenvalue weighted by Gasteiger charge is 2.07. The first-order valence-electron chi connectivity index (χ1n) is 6.45. The number of nitrogens with zero attached hydrogens (tertiary/aromatic N) is 1. The molecule has 0 aliphatic carbocycles. The third-order valence-corrected chi connectivity index (χ3v) is 2.82. The van der Waals surface area contributed by atoms with Crippen LogP contribution in [0.1, 0.15) is 17.3 Å². The molecule has 0 saturated carbocycles. The fraction of sp³-hybridized carbons (Fsp3) is 0.125. The molecule has 2 aromatic rings. The highest BCUT2D eigenvalue weighted by Crippen LogP contribution is 2.27. The Morgan fingerprint density at radius 2 is 2.14 bits per heavy atom. The van der Waals surface area contributed by atoms with Crippen molar-refractivity contribution in [3.8, 4) is 0 Å². The minimum absolute atomic E-state index is 0.335. The molecule has 0 bridgehead atoms. The molecule has 0 saturated heterocycles. The summed E-state index contributed by atoms with van der Waals surface area (Å²) in [6.45, 7) is 9.04. The number of carbonyl (C=O) groups excluding carboxylic acids is 1. The van der Waals surface area contributed by atoms with E-state index in [1.165, 1.54) is 0 Å². The molecular formula is C16H15N3O2. The molecule has 0 radical (unpaired) electrons. The van der Waals surface area contributed by atoms with Crippen molar-refractivity contribution in [2.75, 3.05) is 17.7 Å². The number of anilines is 3. The van der Waals surface area contributed by atoms with Gasteiger partial charge < -0.3 is 15.8 Å². The average molecular weight is 281 g/mol. The third kappa shape index (κ3) is 3.51. The van der Waals surface area contributed by atoms with Gasteiger partial charge in [-0.1, -0.05) is 12.1 Å². The molecule has 2 aromatic carbocycles. The SMILES string of the molecule is [C-]#[N+]c1ccc(Nc2cccc(C(=O)OCC)c2)c(N)c1. The van der Waals surface area contributed by atoms with E-state index in [0.29, 0.717) is 29.2 Å². The number of ether oxygens (including phenoxy) is 1. The third-order valence-electron chi connectivity index (χ3n) is 2.82. The maximum absolute atomic E-state index is 11.7. The van der Waals surface area contributed by atoms with E-state index in [2.05, 4.69) is 10.2 Å². The molecule has 106 valence electrons. The van der Waals surface area contributed by atoms with Crippen LogP contribution in [0.4, 0.5) is 22.7 Å². The molecule has 2 rings (SSSR count). The first-order valence-corrected chi connectivity index (χ1v) is 6.45. The van der Waals surface area contributed by atoms with Crippen LogP contribution in [0.3, 0.4) is 0 Å². The van der Waals surface area contributed by atoms with Gasteiger partial charge in [0, 0.05) is 11.4 Å². The van der Waals surface area contributed by atoms with Gasteiger partial charge in [-0.15, -0.1) is 0 Å². The molecule has 0 unspecified atom stereocenters. The fourth-order valence-corrected chi connectivity index (χ4v) is 1.83. The van der Waals surface area contributed by atoms with Gasteiger partial charge in [0.2, 0.25) is 0 Å². The van der Waals surface area contributed by atoms with Crippen LogP contribution in [0.15, 0.2) is 42.5 Å². The number of nitrogens with two attached hydrogens (primary N) is 1. The molecule has 0 amide bonds. The van der Waals surface area contributed by atoms with Crippen LogP contribution in [0, 0.1) is 6.57 Å². The van der Waals surface area contributed by atoms with Crippen molar-refractivity contribution in [2.24, 2.45) is 0 Å². The summed E-state index contributed by atoms with van der Waals surface area (Å²) >= 11 is 0. The maximum atomic E-state index is 11.7. The van der Waals surface area contributed by atoms with E-state index in [-0.39, 0.29) is 5.97 Å². The summed E-state index contributed by atoms with van der Waals surface area (Å²) in [4.78, 5) is 15.0. The predicted molar refractivity (Wildman–Crippen MR) is 82.8 cm³/mol. The van der Waals surface area contributed by atoms with E-state index in [1.54, 1.807) is 43.3 Å². The zero-order valence-corrected chi connectivity index (χ0v) is 11.6. The maximum Gasteiger partial charge on any atom is 0.338 e. The van der Waals surface area contributed by atoms with Crippen LogP contribution in [0.2, 0.25) is 0 Å². The van der Waals surface area contributed by atoms with Gasteiger partial charge in [0.25, 0.3) is 0 Å². The summed E-state index contributed by atoms with van der Waals surface area (Å²) < 4.78 is 4.96. The van der Waals surface area contributed by atoms with Gasteiger partial charge in [0.15, 0.2) is 5.69 Å². The van der Waals surface area contributed by atoms with Crippen molar-refractivity contribution in [2.45, 2.75) is 6.92 Å². The Labute approximate surface area is 123 Å².